The molecule has 616 valence electrons. The number of aromatic amines is 6. The van der Waals surface area contributed by atoms with Crippen LogP contribution in [0.3, 0.4) is 0 Å². The average molecular weight is 1860 g/mol. The Balaban J connectivity index is 0.000000127. The molecule has 12 aromatic carbocycles. The van der Waals surface area contributed by atoms with Crippen molar-refractivity contribution >= 4 is 151 Å². The van der Waals surface area contributed by atoms with Crippen molar-refractivity contribution in [1.29, 1.82) is 0 Å². The van der Waals surface area contributed by atoms with Gasteiger partial charge >= 0.3 is 5.69 Å². The molecule has 0 radical (unpaired) electrons. The van der Waals surface area contributed by atoms with Gasteiger partial charge in [0.1, 0.15) is 15.0 Å². The van der Waals surface area contributed by atoms with Crippen LogP contribution in [-0.2, 0) is 0 Å². The fourth-order valence-electron chi connectivity index (χ4n) is 14.6. The largest absolute Gasteiger partial charge is 0.375 e. The van der Waals surface area contributed by atoms with Crippen LogP contribution < -0.4 is 27.1 Å². The van der Waals surface area contributed by atoms with Gasteiger partial charge in [-0.25, -0.2) is 0 Å². The van der Waals surface area contributed by atoms with Crippen molar-refractivity contribution in [1.82, 2.24) is 29.9 Å². The lowest BCUT2D eigenvalue weighted by Gasteiger charge is -2.20. The van der Waals surface area contributed by atoms with Crippen molar-refractivity contribution in [3.05, 3.63) is 401 Å². The van der Waals surface area contributed by atoms with Crippen LogP contribution >= 0.6 is 74.6 Å². The van der Waals surface area contributed by atoms with E-state index in [0.29, 0.717) is 42.6 Å². The highest BCUT2D eigenvalue weighted by atomic mass is 127. The first-order valence-corrected chi connectivity index (χ1v) is 43.0. The molecule has 0 saturated carbocycles. The summed E-state index contributed by atoms with van der Waals surface area (Å²) in [6.07, 6.45) is 0. The Hall–Kier alpha value is -12.6. The summed E-state index contributed by atoms with van der Waals surface area (Å²) in [5.74, 6) is 0. The number of fused-ring (bicyclic) bond motifs is 6. The zero-order valence-electron chi connectivity index (χ0n) is 70.6. The summed E-state index contributed by atoms with van der Waals surface area (Å²) in [5.41, 5.74) is 25.3. The minimum Gasteiger partial charge on any atom is -0.375 e. The maximum atomic E-state index is 12.5. The van der Waals surface area contributed by atoms with Gasteiger partial charge in [0, 0.05) is 92.8 Å². The van der Waals surface area contributed by atoms with E-state index in [1.165, 1.54) is 44.3 Å². The van der Waals surface area contributed by atoms with E-state index in [1.807, 2.05) is 251 Å². The summed E-state index contributed by atoms with van der Waals surface area (Å²) in [6.45, 7) is 24.2. The molecule has 123 heavy (non-hydrogen) atoms. The highest BCUT2D eigenvalue weighted by Gasteiger charge is 2.23. The molecule has 0 atom stereocenters. The normalized spacial score (nSPS) is 10.9. The Kier molecular flexibility index (Phi) is 27.4. The Bertz CT molecular complexity index is 7140. The van der Waals surface area contributed by atoms with Crippen LogP contribution in [0.2, 0.25) is 5.02 Å². The number of hydrogen-bond donors (Lipinski definition) is 6. The van der Waals surface area contributed by atoms with E-state index in [9.17, 15) is 29.3 Å². The Labute approximate surface area is 750 Å². The second-order valence-electron chi connectivity index (χ2n) is 31.5. The summed E-state index contributed by atoms with van der Waals surface area (Å²) in [4.78, 5) is 80.9. The highest BCUT2D eigenvalue weighted by molar-refractivity contribution is 14.1. The van der Waals surface area contributed by atoms with Crippen LogP contribution in [0.5, 0.6) is 0 Å². The number of hydrogen-bond acceptors (Lipinski definition) is 9. The highest BCUT2D eigenvalue weighted by Crippen LogP contribution is 2.39. The molecule has 0 aliphatic rings. The van der Waals surface area contributed by atoms with Gasteiger partial charge in [-0.3, -0.25) is 29.3 Å². The molecule has 0 amide bonds. The van der Waals surface area contributed by atoms with Gasteiger partial charge in [-0.1, -0.05) is 315 Å². The molecule has 6 heterocycles. The van der Waals surface area contributed by atoms with Gasteiger partial charge in [-0.2, -0.15) is 0 Å². The third-order valence-corrected chi connectivity index (χ3v) is 24.3. The summed E-state index contributed by atoms with van der Waals surface area (Å²) in [6, 6.07) is 86.3. The standard InChI is InChI=1S/C19H20N2O.C17H14BrNO.C17H14ClNO.C17H14INO.C17H14N2O2S.C17H15NS/c1-12-5-8-14(9-6-12)17-18(21(3)4)15-10-7-13(2)11-16(15)19(22)20-17;3*1-10-3-6-12(7-4-10)16-15(18)13-8-5-11(2)9-14(13)17(20)19-16;1-10-3-6-12(7-4-10)15-16(19(20)21)13-8-5-11(2)9-14(13)17(22)18-15;1-11-3-6-13(7-4-11)16-10-14-8-5-12(2)9-15(14)17(19)18-16/h5-11H,1-4H3,(H,20,22);3*3-9H,1-2H3,(H,19,20);3-9H,1-2H3,(H,18,22);3-10H,1-2H3,(H,18,19). The predicted octanol–water partition coefficient (Wildman–Crippen LogP) is 27.6. The first kappa shape index (κ1) is 88.2. The van der Waals surface area contributed by atoms with Crippen LogP contribution in [0.1, 0.15) is 66.8 Å². The quantitative estimate of drug-likeness (QED) is 0.0369. The fraction of sp³-hybridized carbons (Fsp3) is 0.135. The molecule has 18 rings (SSSR count). The van der Waals surface area contributed by atoms with Gasteiger partial charge in [0.25, 0.3) is 22.2 Å². The maximum Gasteiger partial charge on any atom is 0.301 e. The topological polar surface area (TPSA) is 209 Å². The smallest absolute Gasteiger partial charge is 0.301 e. The molecule has 14 nitrogen and oxygen atoms in total. The number of nitrogens with zero attached hydrogens (tertiary/aromatic N) is 2. The molecule has 0 fully saturated rings. The minimum absolute atomic E-state index is 0.0281. The molecule has 0 spiro atoms. The number of halogens is 3. The van der Waals surface area contributed by atoms with E-state index >= 15 is 0 Å². The van der Waals surface area contributed by atoms with Crippen molar-refractivity contribution < 1.29 is 4.92 Å². The van der Waals surface area contributed by atoms with E-state index in [0.717, 1.165) is 140 Å². The number of rotatable bonds is 8. The van der Waals surface area contributed by atoms with Crippen molar-refractivity contribution in [3.63, 3.8) is 0 Å². The lowest BCUT2D eigenvalue weighted by Crippen LogP contribution is -2.17. The molecule has 0 aliphatic heterocycles. The molecule has 0 unspecified atom stereocenters. The van der Waals surface area contributed by atoms with Gasteiger partial charge in [0.2, 0.25) is 0 Å². The lowest BCUT2D eigenvalue weighted by atomic mass is 10.0. The first-order valence-electron chi connectivity index (χ1n) is 39.9. The first-order chi connectivity index (χ1) is 58.7. The number of anilines is 1. The average Bonchev–Trinajstić information content (AvgIpc) is 0.785. The molecule has 0 aliphatic carbocycles. The van der Waals surface area contributed by atoms with E-state index in [4.69, 9.17) is 36.0 Å². The van der Waals surface area contributed by atoms with Gasteiger partial charge in [0.05, 0.1) is 43.8 Å². The molecular formula is C104H91BrClIN8O6S2. The number of nitro groups is 1. The van der Waals surface area contributed by atoms with E-state index in [1.54, 1.807) is 6.07 Å². The van der Waals surface area contributed by atoms with Crippen LogP contribution in [0.4, 0.5) is 11.4 Å². The number of nitrogens with one attached hydrogen (secondary N) is 6. The zero-order chi connectivity index (χ0) is 87.9. The van der Waals surface area contributed by atoms with Crippen LogP contribution in [-0.4, -0.2) is 48.9 Å². The van der Waals surface area contributed by atoms with Crippen molar-refractivity contribution in [2.45, 2.75) is 83.1 Å². The van der Waals surface area contributed by atoms with Gasteiger partial charge in [-0.15, -0.1) is 0 Å². The Morgan fingerprint density at radius 2 is 0.618 bits per heavy atom. The molecule has 19 heteroatoms. The number of H-pyrrole nitrogens is 6. The number of aromatic nitrogens is 6. The summed E-state index contributed by atoms with van der Waals surface area (Å²) < 4.78 is 3.33. The third kappa shape index (κ3) is 20.3. The summed E-state index contributed by atoms with van der Waals surface area (Å²) in [5, 5.41) is 22.3. The van der Waals surface area contributed by atoms with E-state index in [2.05, 4.69) is 174 Å². The maximum absolute atomic E-state index is 12.5. The van der Waals surface area contributed by atoms with Crippen LogP contribution in [0, 0.1) is 106 Å². The Morgan fingerprint density at radius 1 is 0.317 bits per heavy atom. The molecule has 0 bridgehead atoms. The van der Waals surface area contributed by atoms with Crippen molar-refractivity contribution in [3.8, 4) is 67.5 Å². The lowest BCUT2D eigenvalue weighted by molar-refractivity contribution is -0.382. The van der Waals surface area contributed by atoms with Crippen molar-refractivity contribution in [2.75, 3.05) is 19.0 Å². The number of pyridine rings is 6. The third-order valence-electron chi connectivity index (χ3n) is 21.3. The molecule has 6 aromatic heterocycles. The van der Waals surface area contributed by atoms with E-state index < -0.39 is 0 Å². The second kappa shape index (κ2) is 38.2. The SMILES string of the molecule is Cc1ccc(-c2[nH]c(=O)c3cc(C)ccc3c2Br)cc1.Cc1ccc(-c2[nH]c(=O)c3cc(C)ccc3c2Cl)cc1.Cc1ccc(-c2[nH]c(=O)c3cc(C)ccc3c2I)cc1.Cc1ccc(-c2[nH]c(=O)c3cc(C)ccc3c2N(C)C)cc1.Cc1ccc(-c2[nH]c(=S)c3cc(C)ccc3c2[N+](=O)[O-])cc1.Cc1ccc(-c2cc3ccc(C)cc3c(=S)[nH]2)cc1. The van der Waals surface area contributed by atoms with E-state index in [-0.39, 0.29) is 32.8 Å². The molecule has 6 N–H and O–H groups in total. The van der Waals surface area contributed by atoms with Gasteiger partial charge in [-0.05, 0) is 198 Å². The summed E-state index contributed by atoms with van der Waals surface area (Å²) in [7, 11) is 4.01. The minimum atomic E-state index is -0.349. The fourth-order valence-corrected chi connectivity index (χ4v) is 17.1. The van der Waals surface area contributed by atoms with Gasteiger partial charge in [0.15, 0.2) is 0 Å². The molecule has 0 saturated heterocycles. The van der Waals surface area contributed by atoms with Gasteiger partial charge < -0.3 is 34.8 Å². The Morgan fingerprint density at radius 3 is 1.07 bits per heavy atom. The number of aryl methyl sites for hydroxylation is 12. The number of benzene rings is 12. The monoisotopic (exact) mass is 1850 g/mol. The molecular weight excluding hydrogens is 1760 g/mol. The predicted molar refractivity (Wildman–Crippen MR) is 532 cm³/mol. The molecule has 18 aromatic rings. The second-order valence-corrected chi connectivity index (χ2v) is 34.5. The van der Waals surface area contributed by atoms with Crippen LogP contribution in [0.25, 0.3) is 132 Å². The summed E-state index contributed by atoms with van der Waals surface area (Å²) >= 11 is 23.3. The van der Waals surface area contributed by atoms with Crippen LogP contribution in [0.15, 0.2) is 285 Å². The zero-order valence-corrected chi connectivity index (χ0v) is 76.8. The van der Waals surface area contributed by atoms with Crippen molar-refractivity contribution in [2.24, 2.45) is 0 Å².